The largest absolute Gasteiger partial charge is 0.491 e. The molecular formula is C22H36N2O5. The highest BCUT2D eigenvalue weighted by Crippen LogP contribution is 2.21. The minimum absolute atomic E-state index is 0.0645. The number of aliphatic hydroxyl groups excluding tert-OH is 1. The Balaban J connectivity index is 1.38. The summed E-state index contributed by atoms with van der Waals surface area (Å²) in [7, 11) is 2.00. The SMILES string of the molecule is CN[C@@H](CN1CC[C@H](OCCO)C1)c1ccc(OCCOC2CCCCO2)cc1. The maximum atomic E-state index is 8.90. The van der Waals surface area contributed by atoms with Crippen LogP contribution in [-0.2, 0) is 14.2 Å². The third-order valence-electron chi connectivity index (χ3n) is 5.54. The molecule has 7 heteroatoms. The van der Waals surface area contributed by atoms with Crippen molar-refractivity contribution < 1.29 is 24.1 Å². The van der Waals surface area contributed by atoms with Gasteiger partial charge in [-0.2, -0.15) is 0 Å². The van der Waals surface area contributed by atoms with Crippen molar-refractivity contribution in [3.63, 3.8) is 0 Å². The first kappa shape index (κ1) is 22.5. The fourth-order valence-electron chi connectivity index (χ4n) is 3.92. The van der Waals surface area contributed by atoms with Gasteiger partial charge in [0.2, 0.25) is 0 Å². The van der Waals surface area contributed by atoms with E-state index in [0.29, 0.717) is 19.8 Å². The molecule has 0 aliphatic carbocycles. The lowest BCUT2D eigenvalue weighted by Crippen LogP contribution is -2.33. The molecular weight excluding hydrogens is 372 g/mol. The second kappa shape index (κ2) is 12.5. The molecule has 1 unspecified atom stereocenters. The van der Waals surface area contributed by atoms with Gasteiger partial charge < -0.3 is 29.4 Å². The summed E-state index contributed by atoms with van der Waals surface area (Å²) in [6, 6.07) is 8.55. The van der Waals surface area contributed by atoms with E-state index in [9.17, 15) is 0 Å². The molecule has 2 saturated heterocycles. The first-order chi connectivity index (χ1) is 14.3. The Hall–Kier alpha value is -1.22. The maximum Gasteiger partial charge on any atom is 0.157 e. The van der Waals surface area contributed by atoms with Gasteiger partial charge in [-0.3, -0.25) is 4.90 Å². The van der Waals surface area contributed by atoms with Crippen LogP contribution in [0.2, 0.25) is 0 Å². The lowest BCUT2D eigenvalue weighted by molar-refractivity contribution is -0.165. The number of nitrogens with one attached hydrogen (secondary N) is 1. The lowest BCUT2D eigenvalue weighted by Gasteiger charge is -2.24. The molecule has 164 valence electrons. The molecule has 0 saturated carbocycles. The molecule has 2 N–H and O–H groups in total. The summed E-state index contributed by atoms with van der Waals surface area (Å²) in [6.07, 6.45) is 4.48. The van der Waals surface area contributed by atoms with Crippen molar-refractivity contribution in [1.82, 2.24) is 10.2 Å². The predicted molar refractivity (Wildman–Crippen MR) is 111 cm³/mol. The minimum atomic E-state index is -0.0645. The van der Waals surface area contributed by atoms with Gasteiger partial charge >= 0.3 is 0 Å². The molecule has 7 nitrogen and oxygen atoms in total. The van der Waals surface area contributed by atoms with Crippen LogP contribution in [0.5, 0.6) is 5.75 Å². The number of nitrogens with zero attached hydrogens (tertiary/aromatic N) is 1. The summed E-state index contributed by atoms with van der Waals surface area (Å²) in [5.74, 6) is 0.857. The highest BCUT2D eigenvalue weighted by Gasteiger charge is 2.25. The highest BCUT2D eigenvalue weighted by molar-refractivity contribution is 5.29. The van der Waals surface area contributed by atoms with Crippen LogP contribution < -0.4 is 10.1 Å². The third-order valence-corrected chi connectivity index (χ3v) is 5.54. The Bertz CT molecular complexity index is 565. The van der Waals surface area contributed by atoms with E-state index >= 15 is 0 Å². The Morgan fingerprint density at radius 3 is 2.72 bits per heavy atom. The van der Waals surface area contributed by atoms with Gasteiger partial charge in [-0.05, 0) is 50.4 Å². The summed E-state index contributed by atoms with van der Waals surface area (Å²) < 4.78 is 22.7. The molecule has 2 aliphatic rings. The van der Waals surface area contributed by atoms with Crippen molar-refractivity contribution in [3.8, 4) is 5.75 Å². The van der Waals surface area contributed by atoms with E-state index < -0.39 is 0 Å². The van der Waals surface area contributed by atoms with Gasteiger partial charge in [0.05, 0.1) is 25.9 Å². The van der Waals surface area contributed by atoms with Crippen LogP contribution in [0.15, 0.2) is 24.3 Å². The van der Waals surface area contributed by atoms with Crippen molar-refractivity contribution in [2.45, 2.75) is 44.1 Å². The topological polar surface area (TPSA) is 72.4 Å². The third kappa shape index (κ3) is 7.51. The van der Waals surface area contributed by atoms with Crippen molar-refractivity contribution in [2.75, 3.05) is 59.7 Å². The number of benzene rings is 1. The number of likely N-dealkylation sites (tertiary alicyclic amines) is 1. The fraction of sp³-hybridized carbons (Fsp3) is 0.727. The fourth-order valence-corrected chi connectivity index (χ4v) is 3.92. The van der Waals surface area contributed by atoms with Crippen LogP contribution in [0.3, 0.4) is 0 Å². The zero-order chi connectivity index (χ0) is 20.3. The Morgan fingerprint density at radius 1 is 1.14 bits per heavy atom. The number of ether oxygens (including phenoxy) is 4. The second-order valence-corrected chi connectivity index (χ2v) is 7.69. The number of likely N-dealkylation sites (N-methyl/N-ethyl adjacent to an activating group) is 1. The summed E-state index contributed by atoms with van der Waals surface area (Å²) in [5, 5.41) is 12.3. The molecule has 3 atom stereocenters. The average Bonchev–Trinajstić information content (AvgIpc) is 3.22. The molecule has 2 fully saturated rings. The lowest BCUT2D eigenvalue weighted by atomic mass is 10.1. The Labute approximate surface area is 174 Å². The van der Waals surface area contributed by atoms with Crippen LogP contribution in [0.4, 0.5) is 0 Å². The first-order valence-corrected chi connectivity index (χ1v) is 10.9. The van der Waals surface area contributed by atoms with E-state index in [1.54, 1.807) is 0 Å². The van der Waals surface area contributed by atoms with Gasteiger partial charge in [0.25, 0.3) is 0 Å². The first-order valence-electron chi connectivity index (χ1n) is 10.9. The average molecular weight is 409 g/mol. The van der Waals surface area contributed by atoms with E-state index in [4.69, 9.17) is 24.1 Å². The molecule has 29 heavy (non-hydrogen) atoms. The number of hydrogen-bond acceptors (Lipinski definition) is 7. The zero-order valence-electron chi connectivity index (χ0n) is 17.6. The summed E-state index contributed by atoms with van der Waals surface area (Å²) in [4.78, 5) is 2.41. The molecule has 3 rings (SSSR count). The molecule has 0 bridgehead atoms. The standard InChI is InChI=1S/C22H36N2O5/c1-23-21(17-24-10-9-20(16-24)26-13-11-25)18-5-7-19(8-6-18)27-14-15-29-22-4-2-3-12-28-22/h5-8,20-23,25H,2-4,9-17H2,1H3/t20-,21-,22?/m0/s1. The Kier molecular flexibility index (Phi) is 9.66. The van der Waals surface area contributed by atoms with Crippen molar-refractivity contribution in [1.29, 1.82) is 0 Å². The molecule has 2 heterocycles. The van der Waals surface area contributed by atoms with Crippen LogP contribution >= 0.6 is 0 Å². The number of rotatable bonds is 12. The van der Waals surface area contributed by atoms with Crippen molar-refractivity contribution >= 4 is 0 Å². The molecule has 0 amide bonds. The zero-order valence-corrected chi connectivity index (χ0v) is 17.6. The predicted octanol–water partition coefficient (Wildman–Crippen LogP) is 1.95. The van der Waals surface area contributed by atoms with E-state index in [0.717, 1.165) is 51.3 Å². The second-order valence-electron chi connectivity index (χ2n) is 7.69. The van der Waals surface area contributed by atoms with E-state index in [1.807, 2.05) is 19.2 Å². The molecule has 0 radical (unpaired) electrons. The molecule has 2 aliphatic heterocycles. The monoisotopic (exact) mass is 408 g/mol. The van der Waals surface area contributed by atoms with Gasteiger partial charge in [0.15, 0.2) is 6.29 Å². The van der Waals surface area contributed by atoms with Crippen LogP contribution in [0.1, 0.15) is 37.3 Å². The normalized spacial score (nSPS) is 23.9. The molecule has 1 aromatic rings. The van der Waals surface area contributed by atoms with E-state index in [2.05, 4.69) is 22.3 Å². The van der Waals surface area contributed by atoms with Gasteiger partial charge in [-0.25, -0.2) is 0 Å². The Morgan fingerprint density at radius 2 is 2.00 bits per heavy atom. The van der Waals surface area contributed by atoms with Crippen LogP contribution in [-0.4, -0.2) is 82.1 Å². The van der Waals surface area contributed by atoms with Crippen LogP contribution in [0.25, 0.3) is 0 Å². The molecule has 0 aromatic heterocycles. The van der Waals surface area contributed by atoms with Crippen molar-refractivity contribution in [3.05, 3.63) is 29.8 Å². The van der Waals surface area contributed by atoms with Gasteiger partial charge in [0.1, 0.15) is 12.4 Å². The quantitative estimate of drug-likeness (QED) is 0.512. The molecule has 0 spiro atoms. The molecule has 1 aromatic carbocycles. The number of aliphatic hydroxyl groups is 1. The summed E-state index contributed by atoms with van der Waals surface area (Å²) in [5.41, 5.74) is 1.24. The van der Waals surface area contributed by atoms with E-state index in [-0.39, 0.29) is 25.0 Å². The van der Waals surface area contributed by atoms with Crippen molar-refractivity contribution in [2.24, 2.45) is 0 Å². The maximum absolute atomic E-state index is 8.90. The summed E-state index contributed by atoms with van der Waals surface area (Å²) >= 11 is 0. The van der Waals surface area contributed by atoms with E-state index in [1.165, 1.54) is 12.0 Å². The minimum Gasteiger partial charge on any atom is -0.491 e. The van der Waals surface area contributed by atoms with Gasteiger partial charge in [-0.15, -0.1) is 0 Å². The van der Waals surface area contributed by atoms with Gasteiger partial charge in [0, 0.05) is 32.3 Å². The highest BCUT2D eigenvalue weighted by atomic mass is 16.7. The summed E-state index contributed by atoms with van der Waals surface area (Å²) in [6.45, 7) is 5.26. The smallest absolute Gasteiger partial charge is 0.157 e. The number of hydrogen-bond donors (Lipinski definition) is 2. The van der Waals surface area contributed by atoms with Gasteiger partial charge in [-0.1, -0.05) is 12.1 Å². The van der Waals surface area contributed by atoms with Crippen LogP contribution in [0, 0.1) is 0 Å².